The first kappa shape index (κ1) is 18.8. The van der Waals surface area contributed by atoms with E-state index in [0.29, 0.717) is 0 Å². The van der Waals surface area contributed by atoms with Crippen molar-refractivity contribution in [3.05, 3.63) is 76.7 Å². The number of halogens is 1. The van der Waals surface area contributed by atoms with Crippen LogP contribution < -0.4 is 16.0 Å². The maximum absolute atomic E-state index is 6.13. The van der Waals surface area contributed by atoms with Gasteiger partial charge in [-0.3, -0.25) is 10.2 Å². The van der Waals surface area contributed by atoms with Gasteiger partial charge in [-0.25, -0.2) is 0 Å². The fourth-order valence-corrected chi connectivity index (χ4v) is 4.28. The highest BCUT2D eigenvalue weighted by Gasteiger charge is 2.33. The Morgan fingerprint density at radius 3 is 2.72 bits per heavy atom. The first-order chi connectivity index (χ1) is 14.3. The molecule has 2 unspecified atom stereocenters. The van der Waals surface area contributed by atoms with Crippen LogP contribution in [0.25, 0.3) is 5.70 Å². The van der Waals surface area contributed by atoms with Crippen LogP contribution in [0.2, 0.25) is 5.02 Å². The summed E-state index contributed by atoms with van der Waals surface area (Å²) in [6, 6.07) is 8.08. The molecule has 0 saturated carbocycles. The van der Waals surface area contributed by atoms with Gasteiger partial charge in [0.25, 0.3) is 0 Å². The average molecular weight is 412 g/mol. The van der Waals surface area contributed by atoms with Gasteiger partial charge in [0.15, 0.2) is 0 Å². The predicted molar refractivity (Wildman–Crippen MR) is 116 cm³/mol. The van der Waals surface area contributed by atoms with Crippen LogP contribution in [-0.2, 0) is 4.74 Å². The number of ether oxygens (including phenoxy) is 1. The van der Waals surface area contributed by atoms with E-state index in [0.717, 1.165) is 50.0 Å². The molecule has 6 nitrogen and oxygen atoms in total. The Morgan fingerprint density at radius 1 is 1.14 bits per heavy atom. The van der Waals surface area contributed by atoms with Gasteiger partial charge in [0, 0.05) is 43.0 Å². The fraction of sp³-hybridized carbons (Fsp3) is 0.364. The summed E-state index contributed by atoms with van der Waals surface area (Å²) in [6.07, 6.45) is 11.1. The lowest BCUT2D eigenvalue weighted by molar-refractivity contribution is 0.0401. The van der Waals surface area contributed by atoms with Crippen LogP contribution in [0.1, 0.15) is 5.56 Å². The number of benzene rings is 1. The largest absolute Gasteiger partial charge is 0.379 e. The Balaban J connectivity index is 1.48. The van der Waals surface area contributed by atoms with Crippen molar-refractivity contribution in [3.8, 4) is 0 Å². The molecule has 7 heteroatoms. The Labute approximate surface area is 176 Å². The standard InChI is InChI=1S/C22H26ClN5O/c23-18-5-2-16(3-6-18)21-19(15-27-10-12-29-13-11-27)28-14-17(4-7-20(28)26-21)22-24-8-1-9-25-22/h1-8,14,20,22,24-26H,9-13,15H2. The summed E-state index contributed by atoms with van der Waals surface area (Å²) in [5, 5.41) is 11.4. The first-order valence-electron chi connectivity index (χ1n) is 10.2. The Kier molecular flexibility index (Phi) is 5.33. The van der Waals surface area contributed by atoms with Crippen LogP contribution in [0, 0.1) is 0 Å². The third-order valence-electron chi connectivity index (χ3n) is 5.72. The lowest BCUT2D eigenvalue weighted by Gasteiger charge is -2.34. The molecule has 29 heavy (non-hydrogen) atoms. The second-order valence-electron chi connectivity index (χ2n) is 7.61. The Hall–Kier alpha value is -2.25. The number of hydrogen-bond donors (Lipinski definition) is 3. The molecular weight excluding hydrogens is 386 g/mol. The van der Waals surface area contributed by atoms with Crippen LogP contribution in [0.3, 0.4) is 0 Å². The van der Waals surface area contributed by atoms with Crippen molar-refractivity contribution in [1.29, 1.82) is 0 Å². The van der Waals surface area contributed by atoms with Crippen molar-refractivity contribution in [1.82, 2.24) is 25.8 Å². The zero-order valence-corrected chi connectivity index (χ0v) is 17.0. The molecule has 1 aromatic carbocycles. The van der Waals surface area contributed by atoms with Crippen molar-refractivity contribution in [3.63, 3.8) is 0 Å². The molecule has 152 valence electrons. The monoisotopic (exact) mass is 411 g/mol. The number of nitrogens with zero attached hydrogens (tertiary/aromatic N) is 2. The van der Waals surface area contributed by atoms with Crippen LogP contribution in [0.15, 0.2) is 66.2 Å². The van der Waals surface area contributed by atoms with E-state index in [-0.39, 0.29) is 12.3 Å². The van der Waals surface area contributed by atoms with Gasteiger partial charge in [-0.15, -0.1) is 0 Å². The molecule has 4 aliphatic rings. The second kappa shape index (κ2) is 8.24. The quantitative estimate of drug-likeness (QED) is 0.705. The molecule has 3 N–H and O–H groups in total. The average Bonchev–Trinajstić information content (AvgIpc) is 3.13. The highest BCUT2D eigenvalue weighted by molar-refractivity contribution is 6.30. The van der Waals surface area contributed by atoms with Gasteiger partial charge in [0.1, 0.15) is 12.3 Å². The van der Waals surface area contributed by atoms with Gasteiger partial charge < -0.3 is 20.3 Å². The summed E-state index contributed by atoms with van der Waals surface area (Å²) in [7, 11) is 0. The maximum Gasteiger partial charge on any atom is 0.123 e. The minimum atomic E-state index is 0.125. The molecule has 1 saturated heterocycles. The van der Waals surface area contributed by atoms with Crippen molar-refractivity contribution in [2.45, 2.75) is 12.3 Å². The highest BCUT2D eigenvalue weighted by Crippen LogP contribution is 2.33. The number of nitrogens with one attached hydrogen (secondary N) is 3. The molecular formula is C22H26ClN5O. The predicted octanol–water partition coefficient (Wildman–Crippen LogP) is 2.06. The summed E-state index contributed by atoms with van der Waals surface area (Å²) >= 11 is 6.13. The maximum atomic E-state index is 6.13. The fourth-order valence-electron chi connectivity index (χ4n) is 4.15. The molecule has 0 amide bonds. The summed E-state index contributed by atoms with van der Waals surface area (Å²) in [4.78, 5) is 4.83. The number of hydrogen-bond acceptors (Lipinski definition) is 6. The van der Waals surface area contributed by atoms with Gasteiger partial charge in [-0.05, 0) is 30.0 Å². The molecule has 0 bridgehead atoms. The SMILES string of the molecule is Clc1ccc(C2=C(CN3CCOCC3)N3C=C(C4NC=CCN4)C=CC3N2)cc1. The summed E-state index contributed by atoms with van der Waals surface area (Å²) in [5.74, 6) is 0. The van der Waals surface area contributed by atoms with Crippen molar-refractivity contribution >= 4 is 17.3 Å². The van der Waals surface area contributed by atoms with E-state index in [1.165, 1.54) is 17.0 Å². The molecule has 0 aliphatic carbocycles. The van der Waals surface area contributed by atoms with Gasteiger partial charge in [0.05, 0.1) is 24.6 Å². The second-order valence-corrected chi connectivity index (χ2v) is 8.05. The molecule has 0 radical (unpaired) electrons. The topological polar surface area (TPSA) is 51.8 Å². The van der Waals surface area contributed by atoms with Crippen LogP contribution >= 0.6 is 11.6 Å². The van der Waals surface area contributed by atoms with E-state index in [2.05, 4.69) is 62.3 Å². The Morgan fingerprint density at radius 2 is 1.97 bits per heavy atom. The zero-order valence-electron chi connectivity index (χ0n) is 16.3. The molecule has 0 aromatic heterocycles. The van der Waals surface area contributed by atoms with E-state index in [1.807, 2.05) is 18.3 Å². The molecule has 4 aliphatic heterocycles. The molecule has 1 fully saturated rings. The summed E-state index contributed by atoms with van der Waals surface area (Å²) < 4.78 is 5.54. The van der Waals surface area contributed by atoms with Crippen molar-refractivity contribution in [2.24, 2.45) is 0 Å². The van der Waals surface area contributed by atoms with Crippen molar-refractivity contribution in [2.75, 3.05) is 39.4 Å². The minimum absolute atomic E-state index is 0.125. The number of fused-ring (bicyclic) bond motifs is 1. The van der Waals surface area contributed by atoms with E-state index < -0.39 is 0 Å². The smallest absolute Gasteiger partial charge is 0.123 e. The molecule has 5 rings (SSSR count). The highest BCUT2D eigenvalue weighted by atomic mass is 35.5. The lowest BCUT2D eigenvalue weighted by atomic mass is 10.1. The molecule has 1 aromatic rings. The molecule has 4 heterocycles. The minimum Gasteiger partial charge on any atom is -0.379 e. The lowest BCUT2D eigenvalue weighted by Crippen LogP contribution is -2.46. The molecule has 0 spiro atoms. The van der Waals surface area contributed by atoms with Gasteiger partial charge in [-0.1, -0.05) is 35.9 Å². The van der Waals surface area contributed by atoms with E-state index in [1.54, 1.807) is 0 Å². The number of rotatable bonds is 4. The summed E-state index contributed by atoms with van der Waals surface area (Å²) in [6.45, 7) is 5.26. The number of morpholine rings is 1. The third-order valence-corrected chi connectivity index (χ3v) is 5.97. The zero-order chi connectivity index (χ0) is 19.6. The van der Waals surface area contributed by atoms with Crippen LogP contribution in [0.4, 0.5) is 0 Å². The third kappa shape index (κ3) is 3.94. The first-order valence-corrected chi connectivity index (χ1v) is 10.5. The normalized spacial score (nSPS) is 26.8. The van der Waals surface area contributed by atoms with Gasteiger partial charge >= 0.3 is 0 Å². The van der Waals surface area contributed by atoms with E-state index >= 15 is 0 Å². The van der Waals surface area contributed by atoms with Gasteiger partial charge in [0.2, 0.25) is 0 Å². The van der Waals surface area contributed by atoms with Crippen LogP contribution in [-0.4, -0.2) is 61.5 Å². The van der Waals surface area contributed by atoms with Crippen LogP contribution in [0.5, 0.6) is 0 Å². The van der Waals surface area contributed by atoms with E-state index in [4.69, 9.17) is 16.3 Å². The van der Waals surface area contributed by atoms with Crippen molar-refractivity contribution < 1.29 is 4.74 Å². The molecule has 2 atom stereocenters. The van der Waals surface area contributed by atoms with E-state index in [9.17, 15) is 0 Å². The Bertz CT molecular complexity index is 870. The summed E-state index contributed by atoms with van der Waals surface area (Å²) in [5.41, 5.74) is 4.84. The van der Waals surface area contributed by atoms with Gasteiger partial charge in [-0.2, -0.15) is 0 Å².